The standard InChI is InChI=1S/C23H31N3S/c1-16-7-2-3-9-20(16)24-23(27)26-12-6-8-17-13-18-14-19(22(17)26)15-25-11-5-4-10-21(18)25/h2-3,7,9,13,18-19,21-22H,4-6,8,10-12,14-15H2,1H3,(H,24,27)/t18-,19+,21-,22-/m1/s1. The quantitative estimate of drug-likeness (QED) is 0.566. The number of para-hydroxylation sites is 1. The monoisotopic (exact) mass is 381 g/mol. The second kappa shape index (κ2) is 7.21. The zero-order valence-electron chi connectivity index (χ0n) is 16.4. The van der Waals surface area contributed by atoms with Crippen molar-refractivity contribution < 1.29 is 0 Å². The summed E-state index contributed by atoms with van der Waals surface area (Å²) >= 11 is 5.92. The van der Waals surface area contributed by atoms with Crippen molar-refractivity contribution in [2.75, 3.05) is 25.0 Å². The van der Waals surface area contributed by atoms with Crippen molar-refractivity contribution in [1.82, 2.24) is 9.80 Å². The van der Waals surface area contributed by atoms with Crippen LogP contribution in [0.15, 0.2) is 35.9 Å². The van der Waals surface area contributed by atoms with Crippen molar-refractivity contribution in [1.29, 1.82) is 0 Å². The van der Waals surface area contributed by atoms with Crippen LogP contribution in [0.2, 0.25) is 0 Å². The zero-order valence-corrected chi connectivity index (χ0v) is 17.2. The molecule has 1 N–H and O–H groups in total. The van der Waals surface area contributed by atoms with Crippen LogP contribution in [-0.4, -0.2) is 46.6 Å². The first kappa shape index (κ1) is 17.7. The molecular formula is C23H31N3S. The molecule has 0 radical (unpaired) electrons. The van der Waals surface area contributed by atoms with Gasteiger partial charge in [-0.05, 0) is 81.3 Å². The lowest BCUT2D eigenvalue weighted by molar-refractivity contribution is 0.0132. The van der Waals surface area contributed by atoms with Crippen molar-refractivity contribution in [2.24, 2.45) is 11.8 Å². The van der Waals surface area contributed by atoms with Gasteiger partial charge in [-0.15, -0.1) is 0 Å². The summed E-state index contributed by atoms with van der Waals surface area (Å²) in [6.45, 7) is 5.81. The van der Waals surface area contributed by atoms with Crippen LogP contribution in [0.1, 0.15) is 44.1 Å². The normalized spacial score (nSPS) is 32.9. The molecule has 2 bridgehead atoms. The number of piperidine rings is 3. The zero-order chi connectivity index (χ0) is 18.4. The summed E-state index contributed by atoms with van der Waals surface area (Å²) in [6.07, 6.45) is 10.7. The van der Waals surface area contributed by atoms with Crippen LogP contribution >= 0.6 is 12.2 Å². The third-order valence-electron chi connectivity index (χ3n) is 7.30. The maximum atomic E-state index is 5.92. The SMILES string of the molecule is Cc1ccccc1NC(=S)N1CCCC2=C[C@@H]3C[C@@H](CN4CCCC[C@H]34)[C@@H]21. The molecule has 5 rings (SSSR count). The van der Waals surface area contributed by atoms with Gasteiger partial charge < -0.3 is 10.2 Å². The van der Waals surface area contributed by atoms with E-state index in [1.807, 2.05) is 0 Å². The summed E-state index contributed by atoms with van der Waals surface area (Å²) in [5.41, 5.74) is 4.08. The van der Waals surface area contributed by atoms with Crippen LogP contribution in [0, 0.1) is 18.8 Å². The Morgan fingerprint density at radius 1 is 1.15 bits per heavy atom. The Balaban J connectivity index is 1.40. The van der Waals surface area contributed by atoms with Gasteiger partial charge in [0.05, 0.1) is 6.04 Å². The smallest absolute Gasteiger partial charge is 0.173 e. The number of nitrogens with zero attached hydrogens (tertiary/aromatic N) is 2. The predicted molar refractivity (Wildman–Crippen MR) is 116 cm³/mol. The number of likely N-dealkylation sites (tertiary alicyclic amines) is 1. The van der Waals surface area contributed by atoms with E-state index in [1.165, 1.54) is 57.2 Å². The molecule has 3 saturated heterocycles. The molecule has 3 nitrogen and oxygen atoms in total. The van der Waals surface area contributed by atoms with Crippen LogP contribution in [-0.2, 0) is 0 Å². The molecular weight excluding hydrogens is 350 g/mol. The molecule has 27 heavy (non-hydrogen) atoms. The van der Waals surface area contributed by atoms with E-state index in [9.17, 15) is 0 Å². The maximum Gasteiger partial charge on any atom is 0.173 e. The summed E-state index contributed by atoms with van der Waals surface area (Å²) in [5, 5.41) is 4.48. The molecule has 144 valence electrons. The van der Waals surface area contributed by atoms with Crippen molar-refractivity contribution >= 4 is 23.0 Å². The van der Waals surface area contributed by atoms with E-state index in [2.05, 4.69) is 52.4 Å². The fourth-order valence-electron chi connectivity index (χ4n) is 6.10. The van der Waals surface area contributed by atoms with Gasteiger partial charge in [-0.25, -0.2) is 0 Å². The van der Waals surface area contributed by atoms with Gasteiger partial charge in [0.15, 0.2) is 5.11 Å². The van der Waals surface area contributed by atoms with Crippen molar-refractivity contribution in [3.8, 4) is 0 Å². The second-order valence-corrected chi connectivity index (χ2v) is 9.33. The number of hydrogen-bond acceptors (Lipinski definition) is 2. The van der Waals surface area contributed by atoms with E-state index >= 15 is 0 Å². The average Bonchev–Trinajstić information content (AvgIpc) is 2.69. The van der Waals surface area contributed by atoms with E-state index < -0.39 is 0 Å². The minimum absolute atomic E-state index is 0.516. The van der Waals surface area contributed by atoms with Crippen LogP contribution < -0.4 is 5.32 Å². The van der Waals surface area contributed by atoms with Crippen LogP contribution in [0.3, 0.4) is 0 Å². The highest BCUT2D eigenvalue weighted by Crippen LogP contribution is 2.45. The van der Waals surface area contributed by atoms with Gasteiger partial charge in [0.2, 0.25) is 0 Å². The van der Waals surface area contributed by atoms with Crippen molar-refractivity contribution in [2.45, 2.75) is 57.5 Å². The lowest BCUT2D eigenvalue weighted by atomic mass is 9.68. The number of benzene rings is 1. The highest BCUT2D eigenvalue weighted by molar-refractivity contribution is 7.80. The van der Waals surface area contributed by atoms with E-state index in [0.717, 1.165) is 35.2 Å². The number of anilines is 1. The van der Waals surface area contributed by atoms with Gasteiger partial charge in [0.1, 0.15) is 0 Å². The van der Waals surface area contributed by atoms with Crippen molar-refractivity contribution in [3.05, 3.63) is 41.5 Å². The minimum atomic E-state index is 0.516. The maximum absolute atomic E-state index is 5.92. The predicted octanol–water partition coefficient (Wildman–Crippen LogP) is 4.59. The Labute approximate surface area is 168 Å². The Morgan fingerprint density at radius 3 is 2.93 bits per heavy atom. The Bertz CT molecular complexity index is 758. The van der Waals surface area contributed by atoms with Gasteiger partial charge in [0.25, 0.3) is 0 Å². The van der Waals surface area contributed by atoms with Gasteiger partial charge in [-0.2, -0.15) is 0 Å². The first-order valence-electron chi connectivity index (χ1n) is 10.8. The van der Waals surface area contributed by atoms with Gasteiger partial charge >= 0.3 is 0 Å². The van der Waals surface area contributed by atoms with Crippen molar-refractivity contribution in [3.63, 3.8) is 0 Å². The molecule has 0 spiro atoms. The molecule has 0 saturated carbocycles. The third kappa shape index (κ3) is 3.21. The largest absolute Gasteiger partial charge is 0.342 e. The molecule has 4 atom stereocenters. The van der Waals surface area contributed by atoms with Gasteiger partial charge in [-0.1, -0.05) is 36.3 Å². The number of hydrogen-bond donors (Lipinski definition) is 1. The van der Waals surface area contributed by atoms with E-state index in [4.69, 9.17) is 12.2 Å². The number of fused-ring (bicyclic) bond motifs is 6. The minimum Gasteiger partial charge on any atom is -0.342 e. The highest BCUT2D eigenvalue weighted by atomic mass is 32.1. The average molecular weight is 382 g/mol. The fraction of sp³-hybridized carbons (Fsp3) is 0.609. The number of rotatable bonds is 1. The molecule has 1 aromatic rings. The summed E-state index contributed by atoms with van der Waals surface area (Å²) < 4.78 is 0. The molecule has 0 unspecified atom stereocenters. The van der Waals surface area contributed by atoms with Crippen LogP contribution in [0.4, 0.5) is 5.69 Å². The molecule has 0 amide bonds. The molecule has 3 heterocycles. The number of thiocarbonyl (C=S) groups is 1. The summed E-state index contributed by atoms with van der Waals surface area (Å²) in [7, 11) is 0. The van der Waals surface area contributed by atoms with E-state index in [0.29, 0.717) is 6.04 Å². The Hall–Kier alpha value is -1.39. The third-order valence-corrected chi connectivity index (χ3v) is 7.64. The van der Waals surface area contributed by atoms with E-state index in [-0.39, 0.29) is 0 Å². The Morgan fingerprint density at radius 2 is 2.04 bits per heavy atom. The van der Waals surface area contributed by atoms with Crippen LogP contribution in [0.5, 0.6) is 0 Å². The number of aryl methyl sites for hydroxylation is 1. The lowest BCUT2D eigenvalue weighted by Gasteiger charge is -2.55. The number of nitrogens with one attached hydrogen (secondary N) is 1. The lowest BCUT2D eigenvalue weighted by Crippen LogP contribution is -2.60. The summed E-state index contributed by atoms with van der Waals surface area (Å²) in [5.74, 6) is 1.52. The summed E-state index contributed by atoms with van der Waals surface area (Å²) in [4.78, 5) is 5.32. The topological polar surface area (TPSA) is 18.5 Å². The first-order chi connectivity index (χ1) is 13.2. The molecule has 4 aliphatic rings. The summed E-state index contributed by atoms with van der Waals surface area (Å²) in [6, 6.07) is 9.79. The Kier molecular flexibility index (Phi) is 4.73. The highest BCUT2D eigenvalue weighted by Gasteiger charge is 2.46. The van der Waals surface area contributed by atoms with Gasteiger partial charge in [-0.3, -0.25) is 4.90 Å². The van der Waals surface area contributed by atoms with E-state index in [1.54, 1.807) is 5.57 Å². The molecule has 3 fully saturated rings. The fourth-order valence-corrected chi connectivity index (χ4v) is 6.42. The van der Waals surface area contributed by atoms with Gasteiger partial charge in [0, 0.05) is 24.8 Å². The molecule has 1 aromatic carbocycles. The second-order valence-electron chi connectivity index (χ2n) is 8.95. The molecule has 1 aliphatic carbocycles. The molecule has 0 aromatic heterocycles. The molecule has 4 heteroatoms. The first-order valence-corrected chi connectivity index (χ1v) is 11.2. The van der Waals surface area contributed by atoms with Crippen LogP contribution in [0.25, 0.3) is 0 Å². The molecule has 3 aliphatic heterocycles.